The molecule has 30 heavy (non-hydrogen) atoms. The van der Waals surface area contributed by atoms with Crippen LogP contribution in [0.5, 0.6) is 11.5 Å². The van der Waals surface area contributed by atoms with Crippen LogP contribution in [0.3, 0.4) is 0 Å². The van der Waals surface area contributed by atoms with E-state index in [2.05, 4.69) is 5.32 Å². The highest BCUT2D eigenvalue weighted by Crippen LogP contribution is 2.22. The molecule has 0 heterocycles. The average molecular weight is 414 g/mol. The van der Waals surface area contributed by atoms with Gasteiger partial charge in [0, 0.05) is 25.2 Å². The van der Waals surface area contributed by atoms with E-state index in [0.717, 1.165) is 11.1 Å². The summed E-state index contributed by atoms with van der Waals surface area (Å²) in [6.45, 7) is 1.63. The Bertz CT molecular complexity index is 873. The summed E-state index contributed by atoms with van der Waals surface area (Å²) in [6.07, 6.45) is 0. The minimum atomic E-state index is -0.713. The number of carbonyl (C=O) groups is 3. The van der Waals surface area contributed by atoms with Crippen LogP contribution in [0.25, 0.3) is 0 Å². The van der Waals surface area contributed by atoms with Crippen LogP contribution in [-0.4, -0.2) is 57.1 Å². The largest absolute Gasteiger partial charge is 0.497 e. The van der Waals surface area contributed by atoms with Crippen LogP contribution in [-0.2, 0) is 20.9 Å². The molecule has 0 aliphatic rings. The van der Waals surface area contributed by atoms with Crippen molar-refractivity contribution in [1.29, 1.82) is 0 Å². The Morgan fingerprint density at radius 3 is 2.13 bits per heavy atom. The molecule has 2 rings (SSSR count). The van der Waals surface area contributed by atoms with E-state index in [1.54, 1.807) is 13.1 Å². The number of carbonyl (C=O) groups excluding carboxylic acids is 3. The van der Waals surface area contributed by atoms with Gasteiger partial charge in [0.1, 0.15) is 18.0 Å². The molecule has 2 aromatic carbocycles. The maximum Gasteiger partial charge on any atom is 0.325 e. The number of hydrogen-bond acceptors (Lipinski definition) is 6. The first kappa shape index (κ1) is 22.7. The molecule has 160 valence electrons. The van der Waals surface area contributed by atoms with Crippen LogP contribution >= 0.6 is 0 Å². The smallest absolute Gasteiger partial charge is 0.325 e. The van der Waals surface area contributed by atoms with Gasteiger partial charge >= 0.3 is 5.97 Å². The fourth-order valence-electron chi connectivity index (χ4n) is 2.55. The SMILES string of the molecule is COc1cc(OC)cc(C(=O)NCC(=O)OCC(=O)N(C)Cc2ccc(C)cc2)c1. The molecule has 0 fully saturated rings. The highest BCUT2D eigenvalue weighted by Gasteiger charge is 2.15. The summed E-state index contributed by atoms with van der Waals surface area (Å²) in [6, 6.07) is 12.5. The highest BCUT2D eigenvalue weighted by atomic mass is 16.5. The molecule has 0 aromatic heterocycles. The molecule has 0 saturated heterocycles. The normalized spacial score (nSPS) is 10.1. The van der Waals surface area contributed by atoms with Gasteiger partial charge in [0.15, 0.2) is 6.61 Å². The zero-order valence-electron chi connectivity index (χ0n) is 17.6. The van der Waals surface area contributed by atoms with Gasteiger partial charge < -0.3 is 24.4 Å². The lowest BCUT2D eigenvalue weighted by molar-refractivity contribution is -0.150. The summed E-state index contributed by atoms with van der Waals surface area (Å²) >= 11 is 0. The van der Waals surface area contributed by atoms with Gasteiger partial charge in [-0.1, -0.05) is 29.8 Å². The third-order valence-electron chi connectivity index (χ3n) is 4.33. The number of rotatable bonds is 9. The topological polar surface area (TPSA) is 94.2 Å². The van der Waals surface area contributed by atoms with E-state index >= 15 is 0 Å². The number of methoxy groups -OCH3 is 2. The monoisotopic (exact) mass is 414 g/mol. The standard InChI is InChI=1S/C22H26N2O6/c1-15-5-7-16(8-6-15)13-24(2)20(25)14-30-21(26)12-23-22(27)17-9-18(28-3)11-19(10-17)29-4/h5-11H,12-14H2,1-4H3,(H,23,27). The van der Waals surface area contributed by atoms with Gasteiger partial charge in [0.25, 0.3) is 11.8 Å². The maximum atomic E-state index is 12.3. The number of nitrogens with zero attached hydrogens (tertiary/aromatic N) is 1. The zero-order chi connectivity index (χ0) is 22.1. The van der Waals surface area contributed by atoms with Crippen molar-refractivity contribution in [3.63, 3.8) is 0 Å². The molecule has 0 unspecified atom stereocenters. The Balaban J connectivity index is 1.79. The minimum absolute atomic E-state index is 0.271. The fourth-order valence-corrected chi connectivity index (χ4v) is 2.55. The molecule has 0 atom stereocenters. The summed E-state index contributed by atoms with van der Waals surface area (Å²) in [5.41, 5.74) is 2.38. The van der Waals surface area contributed by atoms with E-state index in [1.165, 1.54) is 31.3 Å². The lowest BCUT2D eigenvalue weighted by Crippen LogP contribution is -2.34. The number of benzene rings is 2. The number of esters is 1. The van der Waals surface area contributed by atoms with Crippen molar-refractivity contribution in [2.45, 2.75) is 13.5 Å². The second kappa shape index (κ2) is 10.8. The molecular formula is C22H26N2O6. The van der Waals surface area contributed by atoms with Crippen LogP contribution in [0.2, 0.25) is 0 Å². The summed E-state index contributed by atoms with van der Waals surface area (Å²) in [7, 11) is 4.58. The van der Waals surface area contributed by atoms with Gasteiger partial charge in [-0.05, 0) is 24.6 Å². The Hall–Kier alpha value is -3.55. The van der Waals surface area contributed by atoms with E-state index in [4.69, 9.17) is 14.2 Å². The average Bonchev–Trinajstić information content (AvgIpc) is 2.76. The second-order valence-corrected chi connectivity index (χ2v) is 6.68. The lowest BCUT2D eigenvalue weighted by atomic mass is 10.1. The molecule has 0 spiro atoms. The van der Waals surface area contributed by atoms with Gasteiger partial charge in [-0.3, -0.25) is 14.4 Å². The Morgan fingerprint density at radius 2 is 1.57 bits per heavy atom. The number of nitrogens with one attached hydrogen (secondary N) is 1. The lowest BCUT2D eigenvalue weighted by Gasteiger charge is -2.17. The predicted octanol–water partition coefficient (Wildman–Crippen LogP) is 1.94. The van der Waals surface area contributed by atoms with E-state index in [1.807, 2.05) is 31.2 Å². The molecule has 0 aliphatic carbocycles. The highest BCUT2D eigenvalue weighted by molar-refractivity contribution is 5.96. The fraction of sp³-hybridized carbons (Fsp3) is 0.318. The van der Waals surface area contributed by atoms with E-state index in [0.29, 0.717) is 18.0 Å². The zero-order valence-corrected chi connectivity index (χ0v) is 17.6. The van der Waals surface area contributed by atoms with Crippen LogP contribution in [0.1, 0.15) is 21.5 Å². The Labute approximate surface area is 175 Å². The molecule has 1 N–H and O–H groups in total. The van der Waals surface area contributed by atoms with Crippen molar-refractivity contribution in [2.24, 2.45) is 0 Å². The molecule has 0 aliphatic heterocycles. The van der Waals surface area contributed by atoms with Crippen molar-refractivity contribution < 1.29 is 28.6 Å². The molecule has 0 radical (unpaired) electrons. The van der Waals surface area contributed by atoms with Crippen molar-refractivity contribution in [2.75, 3.05) is 34.4 Å². The van der Waals surface area contributed by atoms with Gasteiger partial charge in [0.05, 0.1) is 14.2 Å². The molecule has 0 bridgehead atoms. The third kappa shape index (κ3) is 6.80. The number of aryl methyl sites for hydroxylation is 1. The molecule has 2 aromatic rings. The summed E-state index contributed by atoms with van der Waals surface area (Å²) in [5, 5.41) is 2.45. The van der Waals surface area contributed by atoms with Crippen LogP contribution in [0.4, 0.5) is 0 Å². The quantitative estimate of drug-likeness (QED) is 0.631. The van der Waals surface area contributed by atoms with Crippen molar-refractivity contribution >= 4 is 17.8 Å². The van der Waals surface area contributed by atoms with E-state index in [-0.39, 0.29) is 18.0 Å². The van der Waals surface area contributed by atoms with Crippen molar-refractivity contribution in [3.8, 4) is 11.5 Å². The van der Waals surface area contributed by atoms with Gasteiger partial charge in [-0.15, -0.1) is 0 Å². The van der Waals surface area contributed by atoms with Crippen molar-refractivity contribution in [3.05, 3.63) is 59.2 Å². The molecule has 8 nitrogen and oxygen atoms in total. The first-order valence-corrected chi connectivity index (χ1v) is 9.28. The molecular weight excluding hydrogens is 388 g/mol. The summed E-state index contributed by atoms with van der Waals surface area (Å²) in [5.74, 6) is -0.649. The van der Waals surface area contributed by atoms with Crippen LogP contribution in [0.15, 0.2) is 42.5 Å². The maximum absolute atomic E-state index is 12.3. The Kier molecular flexibility index (Phi) is 8.22. The molecule has 2 amide bonds. The summed E-state index contributed by atoms with van der Waals surface area (Å²) < 4.78 is 15.2. The number of ether oxygens (including phenoxy) is 3. The minimum Gasteiger partial charge on any atom is -0.497 e. The predicted molar refractivity (Wildman–Crippen MR) is 110 cm³/mol. The first-order chi connectivity index (χ1) is 14.3. The number of hydrogen-bond donors (Lipinski definition) is 1. The number of amides is 2. The van der Waals surface area contributed by atoms with Crippen LogP contribution < -0.4 is 14.8 Å². The molecule has 8 heteroatoms. The Morgan fingerprint density at radius 1 is 0.967 bits per heavy atom. The van der Waals surface area contributed by atoms with Gasteiger partial charge in [-0.25, -0.2) is 0 Å². The summed E-state index contributed by atoms with van der Waals surface area (Å²) in [4.78, 5) is 37.8. The van der Waals surface area contributed by atoms with E-state index in [9.17, 15) is 14.4 Å². The van der Waals surface area contributed by atoms with Gasteiger partial charge in [-0.2, -0.15) is 0 Å². The van der Waals surface area contributed by atoms with E-state index < -0.39 is 18.5 Å². The first-order valence-electron chi connectivity index (χ1n) is 9.28. The van der Waals surface area contributed by atoms with Gasteiger partial charge in [0.2, 0.25) is 0 Å². The van der Waals surface area contributed by atoms with Crippen molar-refractivity contribution in [1.82, 2.24) is 10.2 Å². The third-order valence-corrected chi connectivity index (χ3v) is 4.33. The number of likely N-dealkylation sites (N-methyl/N-ethyl adjacent to an activating group) is 1. The second-order valence-electron chi connectivity index (χ2n) is 6.68. The molecule has 0 saturated carbocycles. The van der Waals surface area contributed by atoms with Crippen LogP contribution in [0, 0.1) is 6.92 Å².